The maximum absolute atomic E-state index is 12.7. The quantitative estimate of drug-likeness (QED) is 0.393. The summed E-state index contributed by atoms with van der Waals surface area (Å²) in [7, 11) is 0. The van der Waals surface area contributed by atoms with Crippen LogP contribution < -0.4 is 5.32 Å². The molecule has 3 aromatic carbocycles. The number of rotatable bonds is 5. The number of fused-ring (bicyclic) bond motifs is 4. The Hall–Kier alpha value is -4.13. The highest BCUT2D eigenvalue weighted by Crippen LogP contribution is 2.31. The molecule has 0 aliphatic heterocycles. The Morgan fingerprint density at radius 3 is 2.72 bits per heavy atom. The van der Waals surface area contributed by atoms with E-state index in [0.717, 1.165) is 28.4 Å². The predicted molar refractivity (Wildman–Crippen MR) is 123 cm³/mol. The van der Waals surface area contributed by atoms with Crippen LogP contribution in [0.3, 0.4) is 0 Å². The first-order valence-corrected chi connectivity index (χ1v) is 10.4. The van der Waals surface area contributed by atoms with E-state index in [9.17, 15) is 9.59 Å². The maximum Gasteiger partial charge on any atom is 0.338 e. The number of aryl methyl sites for hydroxylation is 1. The fourth-order valence-electron chi connectivity index (χ4n) is 3.98. The number of ether oxygens (including phenoxy) is 1. The van der Waals surface area contributed by atoms with Crippen LogP contribution in [0, 0.1) is 0 Å². The topological polar surface area (TPSA) is 86.4 Å². The minimum Gasteiger partial charge on any atom is -0.449 e. The van der Waals surface area contributed by atoms with Crippen molar-refractivity contribution in [3.63, 3.8) is 0 Å². The van der Waals surface area contributed by atoms with Gasteiger partial charge in [0.2, 0.25) is 0 Å². The highest BCUT2D eigenvalue weighted by atomic mass is 16.5. The van der Waals surface area contributed by atoms with Crippen LogP contribution in [0.5, 0.6) is 0 Å². The number of carbonyl (C=O) groups is 2. The molecule has 7 nitrogen and oxygen atoms in total. The fourth-order valence-corrected chi connectivity index (χ4v) is 3.98. The van der Waals surface area contributed by atoms with Gasteiger partial charge in [0.05, 0.1) is 5.56 Å². The molecule has 0 saturated heterocycles. The Morgan fingerprint density at radius 2 is 1.88 bits per heavy atom. The Morgan fingerprint density at radius 1 is 1.06 bits per heavy atom. The van der Waals surface area contributed by atoms with E-state index in [4.69, 9.17) is 9.15 Å². The molecule has 2 aromatic heterocycles. The Kier molecular flexibility index (Phi) is 4.86. The second-order valence-corrected chi connectivity index (χ2v) is 7.56. The summed E-state index contributed by atoms with van der Waals surface area (Å²) in [4.78, 5) is 29.2. The summed E-state index contributed by atoms with van der Waals surface area (Å²) < 4.78 is 12.8. The molecule has 1 N–H and O–H groups in total. The van der Waals surface area contributed by atoms with Gasteiger partial charge in [0, 0.05) is 34.0 Å². The van der Waals surface area contributed by atoms with Crippen LogP contribution >= 0.6 is 0 Å². The van der Waals surface area contributed by atoms with Crippen LogP contribution in [0.4, 0.5) is 5.69 Å². The maximum atomic E-state index is 12.7. The molecule has 0 radical (unpaired) electrons. The minimum atomic E-state index is -0.969. The zero-order valence-corrected chi connectivity index (χ0v) is 17.7. The second-order valence-electron chi connectivity index (χ2n) is 7.56. The number of benzene rings is 3. The van der Waals surface area contributed by atoms with Crippen molar-refractivity contribution in [3.8, 4) is 0 Å². The number of nitrogens with zero attached hydrogens (tertiary/aromatic N) is 2. The highest BCUT2D eigenvalue weighted by molar-refractivity contribution is 6.10. The number of carbonyl (C=O) groups excluding carboxylic acids is 2. The van der Waals surface area contributed by atoms with E-state index in [2.05, 4.69) is 33.9 Å². The lowest BCUT2D eigenvalue weighted by Gasteiger charge is -2.14. The molecule has 0 fully saturated rings. The number of nitrogens with one attached hydrogen (secondary N) is 1. The zero-order chi connectivity index (χ0) is 22.2. The fraction of sp³-hybridized carbons (Fsp3) is 0.160. The third-order valence-corrected chi connectivity index (χ3v) is 5.58. The number of hydrogen-bond acceptors (Lipinski definition) is 5. The van der Waals surface area contributed by atoms with Crippen molar-refractivity contribution in [1.29, 1.82) is 0 Å². The molecule has 5 rings (SSSR count). The lowest BCUT2D eigenvalue weighted by molar-refractivity contribution is -0.123. The molecular formula is C25H21N3O4. The third-order valence-electron chi connectivity index (χ3n) is 5.58. The number of hydrogen-bond donors (Lipinski definition) is 1. The van der Waals surface area contributed by atoms with Gasteiger partial charge in [-0.2, -0.15) is 0 Å². The standard InChI is InChI=1S/C25H21N3O4/c1-3-28-21-7-5-4-6-18(21)19-13-17(9-10-22(19)28)27-24(29)15(2)32-25(30)16-8-11-23-20(12-16)26-14-31-23/h4-15H,3H2,1-2H3,(H,27,29). The zero-order valence-electron chi connectivity index (χ0n) is 17.7. The average molecular weight is 427 g/mol. The molecule has 0 aliphatic carbocycles. The van der Waals surface area contributed by atoms with E-state index >= 15 is 0 Å². The van der Waals surface area contributed by atoms with Crippen LogP contribution in [0.25, 0.3) is 32.9 Å². The largest absolute Gasteiger partial charge is 0.449 e. The van der Waals surface area contributed by atoms with E-state index in [1.54, 1.807) is 25.1 Å². The van der Waals surface area contributed by atoms with Crippen molar-refractivity contribution in [3.05, 3.63) is 72.6 Å². The van der Waals surface area contributed by atoms with Crippen molar-refractivity contribution in [2.75, 3.05) is 5.32 Å². The summed E-state index contributed by atoms with van der Waals surface area (Å²) in [6, 6.07) is 18.8. The molecule has 0 aliphatic rings. The molecule has 7 heteroatoms. The third kappa shape index (κ3) is 3.37. The predicted octanol–water partition coefficient (Wildman–Crippen LogP) is 5.14. The molecule has 160 valence electrons. The Labute approximate surface area is 183 Å². The van der Waals surface area contributed by atoms with Crippen LogP contribution in [0.15, 0.2) is 71.5 Å². The summed E-state index contributed by atoms with van der Waals surface area (Å²) in [5, 5.41) is 5.04. The SMILES string of the molecule is CCn1c2ccccc2c2cc(NC(=O)C(C)OC(=O)c3ccc4ocnc4c3)ccc21. The first-order chi connectivity index (χ1) is 15.5. The summed E-state index contributed by atoms with van der Waals surface area (Å²) >= 11 is 0. The molecule has 0 spiro atoms. The summed E-state index contributed by atoms with van der Waals surface area (Å²) in [6.45, 7) is 4.50. The second kappa shape index (κ2) is 7.85. The van der Waals surface area contributed by atoms with Gasteiger partial charge in [0.1, 0.15) is 5.52 Å². The van der Waals surface area contributed by atoms with E-state index in [-0.39, 0.29) is 0 Å². The molecule has 32 heavy (non-hydrogen) atoms. The average Bonchev–Trinajstić information content (AvgIpc) is 3.40. The van der Waals surface area contributed by atoms with E-state index in [1.807, 2.05) is 30.3 Å². The van der Waals surface area contributed by atoms with Crippen LogP contribution in [-0.4, -0.2) is 27.5 Å². The normalized spacial score (nSPS) is 12.3. The van der Waals surface area contributed by atoms with Crippen LogP contribution in [0.1, 0.15) is 24.2 Å². The van der Waals surface area contributed by atoms with E-state index in [1.165, 1.54) is 6.39 Å². The molecular weight excluding hydrogens is 406 g/mol. The monoisotopic (exact) mass is 427 g/mol. The number of amides is 1. The van der Waals surface area contributed by atoms with Crippen LogP contribution in [-0.2, 0) is 16.1 Å². The summed E-state index contributed by atoms with van der Waals surface area (Å²) in [5.74, 6) is -1.00. The van der Waals surface area contributed by atoms with Crippen molar-refractivity contribution >= 4 is 50.5 Å². The smallest absolute Gasteiger partial charge is 0.338 e. The number of esters is 1. The van der Waals surface area contributed by atoms with Gasteiger partial charge in [-0.3, -0.25) is 4.79 Å². The number of aromatic nitrogens is 2. The van der Waals surface area contributed by atoms with Gasteiger partial charge < -0.3 is 19.0 Å². The van der Waals surface area contributed by atoms with Crippen molar-refractivity contribution in [2.45, 2.75) is 26.5 Å². The summed E-state index contributed by atoms with van der Waals surface area (Å²) in [6.07, 6.45) is 0.341. The highest BCUT2D eigenvalue weighted by Gasteiger charge is 2.20. The van der Waals surface area contributed by atoms with Gasteiger partial charge in [-0.1, -0.05) is 18.2 Å². The van der Waals surface area contributed by atoms with Crippen LogP contribution in [0.2, 0.25) is 0 Å². The van der Waals surface area contributed by atoms with Gasteiger partial charge in [-0.05, 0) is 56.3 Å². The lowest BCUT2D eigenvalue weighted by Crippen LogP contribution is -2.30. The van der Waals surface area contributed by atoms with E-state index < -0.39 is 18.0 Å². The first-order valence-electron chi connectivity index (χ1n) is 10.4. The lowest BCUT2D eigenvalue weighted by atomic mass is 10.1. The number of anilines is 1. The van der Waals surface area contributed by atoms with Gasteiger partial charge in [-0.15, -0.1) is 0 Å². The van der Waals surface area contributed by atoms with Crippen molar-refractivity contribution in [2.24, 2.45) is 0 Å². The Bertz CT molecular complexity index is 1480. The molecule has 5 aromatic rings. The number of oxazole rings is 1. The first kappa shape index (κ1) is 19.8. The molecule has 1 atom stereocenters. The molecule has 2 heterocycles. The van der Waals surface area contributed by atoms with Gasteiger partial charge >= 0.3 is 5.97 Å². The molecule has 0 saturated carbocycles. The van der Waals surface area contributed by atoms with Crippen molar-refractivity contribution < 1.29 is 18.7 Å². The molecule has 1 unspecified atom stereocenters. The Balaban J connectivity index is 1.34. The minimum absolute atomic E-state index is 0.305. The molecule has 1 amide bonds. The van der Waals surface area contributed by atoms with Gasteiger partial charge in [0.25, 0.3) is 5.91 Å². The molecule has 0 bridgehead atoms. The number of para-hydroxylation sites is 1. The van der Waals surface area contributed by atoms with Gasteiger partial charge in [0.15, 0.2) is 18.1 Å². The van der Waals surface area contributed by atoms with E-state index in [0.29, 0.717) is 22.4 Å². The van der Waals surface area contributed by atoms with Crippen molar-refractivity contribution in [1.82, 2.24) is 9.55 Å². The van der Waals surface area contributed by atoms with Gasteiger partial charge in [-0.25, -0.2) is 9.78 Å². The summed E-state index contributed by atoms with van der Waals surface area (Å²) in [5.41, 5.74) is 4.34.